The number of ketones is 2. The van der Waals surface area contributed by atoms with E-state index in [1.807, 2.05) is 0 Å². The zero-order chi connectivity index (χ0) is 16.5. The molecule has 0 heterocycles. The van der Waals surface area contributed by atoms with Gasteiger partial charge in [0.1, 0.15) is 5.60 Å². The largest absolute Gasteiger partial charge is 0.477 e. The number of carbonyl (C=O) groups excluding carboxylic acids is 3. The van der Waals surface area contributed by atoms with Crippen molar-refractivity contribution in [1.82, 2.24) is 0 Å². The standard InChI is InChI=1S/C17H18O5/c1-10-14(19)11-7-5-6-8-12(11)15(20)16(10)21-9-13(18)22-17(2,3)4/h5-8H,9H2,1-4H3. The minimum Gasteiger partial charge on any atom is -0.477 e. The average Bonchev–Trinajstić information content (AvgIpc) is 2.43. The fourth-order valence-corrected chi connectivity index (χ4v) is 2.15. The van der Waals surface area contributed by atoms with Gasteiger partial charge in [-0.2, -0.15) is 0 Å². The van der Waals surface area contributed by atoms with E-state index in [0.29, 0.717) is 5.56 Å². The summed E-state index contributed by atoms with van der Waals surface area (Å²) in [6, 6.07) is 6.54. The molecule has 1 aliphatic rings. The predicted molar refractivity (Wildman–Crippen MR) is 79.6 cm³/mol. The van der Waals surface area contributed by atoms with Crippen LogP contribution in [0.2, 0.25) is 0 Å². The number of ether oxygens (including phenoxy) is 2. The number of rotatable bonds is 3. The quantitative estimate of drug-likeness (QED) is 0.803. The van der Waals surface area contributed by atoms with Gasteiger partial charge >= 0.3 is 5.97 Å². The lowest BCUT2D eigenvalue weighted by Gasteiger charge is -2.21. The molecule has 0 bridgehead atoms. The summed E-state index contributed by atoms with van der Waals surface area (Å²) < 4.78 is 10.4. The minimum atomic E-state index is -0.636. The highest BCUT2D eigenvalue weighted by Crippen LogP contribution is 2.26. The van der Waals surface area contributed by atoms with Gasteiger partial charge in [-0.15, -0.1) is 0 Å². The van der Waals surface area contributed by atoms with Gasteiger partial charge in [-0.1, -0.05) is 24.3 Å². The summed E-state index contributed by atoms with van der Waals surface area (Å²) in [6.07, 6.45) is 0. The van der Waals surface area contributed by atoms with E-state index in [0.717, 1.165) is 0 Å². The van der Waals surface area contributed by atoms with Gasteiger partial charge in [0.15, 0.2) is 18.1 Å². The Morgan fingerprint density at radius 2 is 1.59 bits per heavy atom. The smallest absolute Gasteiger partial charge is 0.344 e. The third-order valence-electron chi connectivity index (χ3n) is 3.06. The lowest BCUT2D eigenvalue weighted by atomic mass is 9.89. The second kappa shape index (κ2) is 5.75. The van der Waals surface area contributed by atoms with Crippen molar-refractivity contribution in [2.24, 2.45) is 0 Å². The van der Waals surface area contributed by atoms with E-state index >= 15 is 0 Å². The molecule has 2 rings (SSSR count). The fourth-order valence-electron chi connectivity index (χ4n) is 2.15. The van der Waals surface area contributed by atoms with Crippen LogP contribution in [0.25, 0.3) is 0 Å². The first kappa shape index (κ1) is 15.9. The SMILES string of the molecule is CC1=C(OCC(=O)OC(C)(C)C)C(=O)c2ccccc2C1=O. The highest BCUT2D eigenvalue weighted by atomic mass is 16.6. The first-order valence-corrected chi connectivity index (χ1v) is 6.94. The zero-order valence-corrected chi connectivity index (χ0v) is 13.1. The summed E-state index contributed by atoms with van der Waals surface area (Å²) in [5, 5.41) is 0. The van der Waals surface area contributed by atoms with E-state index < -0.39 is 24.0 Å². The van der Waals surface area contributed by atoms with Crippen LogP contribution in [-0.2, 0) is 14.3 Å². The van der Waals surface area contributed by atoms with Crippen molar-refractivity contribution in [1.29, 1.82) is 0 Å². The van der Waals surface area contributed by atoms with Crippen molar-refractivity contribution in [3.63, 3.8) is 0 Å². The maximum atomic E-state index is 12.4. The summed E-state index contributed by atoms with van der Waals surface area (Å²) >= 11 is 0. The van der Waals surface area contributed by atoms with Gasteiger partial charge in [-0.3, -0.25) is 9.59 Å². The topological polar surface area (TPSA) is 69.7 Å². The van der Waals surface area contributed by atoms with Gasteiger partial charge in [0.05, 0.1) is 0 Å². The Hall–Kier alpha value is -2.43. The van der Waals surface area contributed by atoms with Crippen LogP contribution in [0.5, 0.6) is 0 Å². The molecule has 0 aromatic heterocycles. The van der Waals surface area contributed by atoms with Gasteiger partial charge in [0.2, 0.25) is 5.78 Å². The average molecular weight is 302 g/mol. The van der Waals surface area contributed by atoms with Crippen molar-refractivity contribution in [2.75, 3.05) is 6.61 Å². The Morgan fingerprint density at radius 1 is 1.05 bits per heavy atom. The first-order valence-electron chi connectivity index (χ1n) is 6.94. The third kappa shape index (κ3) is 3.24. The molecular weight excluding hydrogens is 284 g/mol. The molecule has 22 heavy (non-hydrogen) atoms. The molecule has 1 aliphatic carbocycles. The third-order valence-corrected chi connectivity index (χ3v) is 3.06. The van der Waals surface area contributed by atoms with Crippen LogP contribution in [-0.4, -0.2) is 29.7 Å². The first-order chi connectivity index (χ1) is 10.2. The van der Waals surface area contributed by atoms with Crippen LogP contribution >= 0.6 is 0 Å². The van der Waals surface area contributed by atoms with Crippen LogP contribution in [0, 0.1) is 0 Å². The second-order valence-corrected chi connectivity index (χ2v) is 6.03. The summed E-state index contributed by atoms with van der Waals surface area (Å²) in [6.45, 7) is 6.31. The van der Waals surface area contributed by atoms with Gasteiger partial charge in [-0.25, -0.2) is 4.79 Å². The van der Waals surface area contributed by atoms with Crippen molar-refractivity contribution < 1.29 is 23.9 Å². The number of allylic oxidation sites excluding steroid dienone is 2. The van der Waals surface area contributed by atoms with Crippen LogP contribution in [0.1, 0.15) is 48.4 Å². The van der Waals surface area contributed by atoms with Gasteiger partial charge in [0.25, 0.3) is 0 Å². The second-order valence-electron chi connectivity index (χ2n) is 6.03. The molecule has 0 unspecified atom stereocenters. The van der Waals surface area contributed by atoms with Crippen LogP contribution < -0.4 is 0 Å². The Kier molecular flexibility index (Phi) is 4.17. The maximum absolute atomic E-state index is 12.4. The van der Waals surface area contributed by atoms with Crippen molar-refractivity contribution in [3.8, 4) is 0 Å². The van der Waals surface area contributed by atoms with Crippen molar-refractivity contribution in [3.05, 3.63) is 46.7 Å². The monoisotopic (exact) mass is 302 g/mol. The normalized spacial score (nSPS) is 14.7. The highest BCUT2D eigenvalue weighted by Gasteiger charge is 2.31. The molecule has 1 aromatic rings. The number of benzene rings is 1. The van der Waals surface area contributed by atoms with Crippen LogP contribution in [0.4, 0.5) is 0 Å². The Labute approximate surface area is 128 Å². The molecule has 0 amide bonds. The van der Waals surface area contributed by atoms with E-state index in [-0.39, 0.29) is 22.7 Å². The molecule has 5 heteroatoms. The van der Waals surface area contributed by atoms with E-state index in [2.05, 4.69) is 0 Å². The molecule has 0 spiro atoms. The molecule has 1 aromatic carbocycles. The molecule has 0 saturated carbocycles. The lowest BCUT2D eigenvalue weighted by molar-refractivity contribution is -0.158. The van der Waals surface area contributed by atoms with Crippen molar-refractivity contribution in [2.45, 2.75) is 33.3 Å². The van der Waals surface area contributed by atoms with Gasteiger partial charge < -0.3 is 9.47 Å². The van der Waals surface area contributed by atoms with E-state index in [1.54, 1.807) is 45.0 Å². The van der Waals surface area contributed by atoms with E-state index in [1.165, 1.54) is 6.92 Å². The molecule has 0 fully saturated rings. The predicted octanol–water partition coefficient (Wildman–Crippen LogP) is 2.70. The Morgan fingerprint density at radius 3 is 2.14 bits per heavy atom. The molecule has 0 aliphatic heterocycles. The highest BCUT2D eigenvalue weighted by molar-refractivity contribution is 6.25. The number of carbonyl (C=O) groups is 3. The number of hydrogen-bond acceptors (Lipinski definition) is 5. The zero-order valence-electron chi connectivity index (χ0n) is 13.1. The number of esters is 1. The van der Waals surface area contributed by atoms with E-state index in [4.69, 9.17) is 9.47 Å². The number of fused-ring (bicyclic) bond motifs is 1. The summed E-state index contributed by atoms with van der Waals surface area (Å²) in [5.41, 5.74) is 0.210. The molecule has 0 radical (unpaired) electrons. The Bertz CT molecular complexity index is 677. The lowest BCUT2D eigenvalue weighted by Crippen LogP contribution is -2.28. The molecule has 5 nitrogen and oxygen atoms in total. The van der Waals surface area contributed by atoms with Crippen LogP contribution in [0.15, 0.2) is 35.6 Å². The summed E-state index contributed by atoms with van der Waals surface area (Å²) in [7, 11) is 0. The number of Topliss-reactive ketones (excluding diaryl/α,β-unsaturated/α-hetero) is 2. The maximum Gasteiger partial charge on any atom is 0.344 e. The molecule has 0 saturated heterocycles. The molecule has 0 N–H and O–H groups in total. The molecule has 116 valence electrons. The molecular formula is C17H18O5. The summed E-state index contributed by atoms with van der Waals surface area (Å²) in [4.78, 5) is 36.3. The number of hydrogen-bond donors (Lipinski definition) is 0. The van der Waals surface area contributed by atoms with E-state index in [9.17, 15) is 14.4 Å². The van der Waals surface area contributed by atoms with Crippen LogP contribution in [0.3, 0.4) is 0 Å². The van der Waals surface area contributed by atoms with Crippen molar-refractivity contribution >= 4 is 17.5 Å². The van der Waals surface area contributed by atoms with Gasteiger partial charge in [-0.05, 0) is 27.7 Å². The fraction of sp³-hybridized carbons (Fsp3) is 0.353. The minimum absolute atomic E-state index is 0.0884. The summed E-state index contributed by atoms with van der Waals surface area (Å²) in [5.74, 6) is -1.34. The Balaban J connectivity index is 2.18. The van der Waals surface area contributed by atoms with Gasteiger partial charge in [0, 0.05) is 16.7 Å². The molecule has 0 atom stereocenters.